The van der Waals surface area contributed by atoms with Gasteiger partial charge in [0.15, 0.2) is 5.78 Å². The van der Waals surface area contributed by atoms with Crippen LogP contribution in [0.2, 0.25) is 6.82 Å². The summed E-state index contributed by atoms with van der Waals surface area (Å²) < 4.78 is 10.9. The van der Waals surface area contributed by atoms with Crippen LogP contribution in [0.25, 0.3) is 16.5 Å². The second kappa shape index (κ2) is 7.71. The van der Waals surface area contributed by atoms with Crippen molar-refractivity contribution in [1.29, 1.82) is 0 Å². The van der Waals surface area contributed by atoms with E-state index in [9.17, 15) is 4.79 Å². The normalized spacial score (nSPS) is 11.2. The van der Waals surface area contributed by atoms with Crippen molar-refractivity contribution in [2.24, 2.45) is 0 Å². The van der Waals surface area contributed by atoms with E-state index in [-0.39, 0.29) is 5.78 Å². The lowest BCUT2D eigenvalue weighted by atomic mass is 10.0. The van der Waals surface area contributed by atoms with E-state index in [1.807, 2.05) is 43.2 Å². The first kappa shape index (κ1) is 16.8. The molecule has 0 aliphatic heterocycles. The standard InChI is InChI=1S/C21H19BO3/c1-22-25-21(14-20(23)16-9-11-19(24-2)12-10-16)18-8-7-15-5-3-4-6-17(15)13-18/h3-14,22H,1-2H3/b21-14-. The minimum atomic E-state index is -0.0979. The highest BCUT2D eigenvalue weighted by molar-refractivity contribution is 6.27. The number of benzene rings is 3. The van der Waals surface area contributed by atoms with Crippen LogP contribution >= 0.6 is 0 Å². The van der Waals surface area contributed by atoms with Crippen LogP contribution in [0.3, 0.4) is 0 Å². The predicted molar refractivity (Wildman–Crippen MR) is 103 cm³/mol. The molecular weight excluding hydrogens is 311 g/mol. The molecule has 3 aromatic rings. The second-order valence-corrected chi connectivity index (χ2v) is 5.60. The number of hydrogen-bond acceptors (Lipinski definition) is 3. The quantitative estimate of drug-likeness (QED) is 0.289. The highest BCUT2D eigenvalue weighted by Crippen LogP contribution is 2.23. The number of carbonyl (C=O) groups excluding carboxylic acids is 1. The fourth-order valence-electron chi connectivity index (χ4n) is 2.66. The SMILES string of the molecule is CBO/C(=C\C(=O)c1ccc(OC)cc1)c1ccc2ccccc2c1. The molecule has 4 heteroatoms. The van der Waals surface area contributed by atoms with Crippen LogP contribution in [0.15, 0.2) is 72.8 Å². The maximum Gasteiger partial charge on any atom is 0.336 e. The minimum Gasteiger partial charge on any atom is -0.564 e. The van der Waals surface area contributed by atoms with Gasteiger partial charge in [0.1, 0.15) is 11.5 Å². The van der Waals surface area contributed by atoms with Gasteiger partial charge in [-0.3, -0.25) is 4.79 Å². The van der Waals surface area contributed by atoms with E-state index in [2.05, 4.69) is 6.07 Å². The maximum absolute atomic E-state index is 12.6. The average molecular weight is 330 g/mol. The van der Waals surface area contributed by atoms with Crippen LogP contribution in [-0.4, -0.2) is 20.4 Å². The fraction of sp³-hybridized carbons (Fsp3) is 0.0952. The number of ether oxygens (including phenoxy) is 1. The summed E-state index contributed by atoms with van der Waals surface area (Å²) in [4.78, 5) is 12.6. The molecule has 0 bridgehead atoms. The second-order valence-electron chi connectivity index (χ2n) is 5.60. The summed E-state index contributed by atoms with van der Waals surface area (Å²) in [5, 5.41) is 2.27. The van der Waals surface area contributed by atoms with Gasteiger partial charge < -0.3 is 9.39 Å². The Labute approximate surface area is 148 Å². The van der Waals surface area contributed by atoms with Gasteiger partial charge in [0.25, 0.3) is 0 Å². The molecule has 0 aliphatic rings. The summed E-state index contributed by atoms with van der Waals surface area (Å²) in [7, 11) is 2.10. The van der Waals surface area contributed by atoms with E-state index in [1.54, 1.807) is 37.5 Å². The van der Waals surface area contributed by atoms with E-state index in [0.717, 1.165) is 22.1 Å². The first-order valence-corrected chi connectivity index (χ1v) is 8.23. The molecule has 0 amide bonds. The lowest BCUT2D eigenvalue weighted by Gasteiger charge is -2.10. The summed E-state index contributed by atoms with van der Waals surface area (Å²) in [6, 6.07) is 21.2. The van der Waals surface area contributed by atoms with Crippen molar-refractivity contribution >= 4 is 29.8 Å². The number of allylic oxidation sites excluding steroid dienone is 1. The van der Waals surface area contributed by atoms with Gasteiger partial charge in [-0.05, 0) is 41.1 Å². The summed E-state index contributed by atoms with van der Waals surface area (Å²) in [6.45, 7) is 1.91. The summed E-state index contributed by atoms with van der Waals surface area (Å²) in [5.41, 5.74) is 1.49. The van der Waals surface area contributed by atoms with Crippen molar-refractivity contribution in [3.8, 4) is 5.75 Å². The monoisotopic (exact) mass is 330 g/mol. The average Bonchev–Trinajstić information content (AvgIpc) is 2.67. The van der Waals surface area contributed by atoms with Crippen molar-refractivity contribution in [2.75, 3.05) is 7.11 Å². The molecule has 25 heavy (non-hydrogen) atoms. The molecule has 0 spiro atoms. The Kier molecular flexibility index (Phi) is 5.19. The molecular formula is C21H19BO3. The first-order chi connectivity index (χ1) is 12.2. The molecule has 0 saturated heterocycles. The molecule has 0 fully saturated rings. The van der Waals surface area contributed by atoms with Gasteiger partial charge >= 0.3 is 7.48 Å². The van der Waals surface area contributed by atoms with Crippen LogP contribution in [0.5, 0.6) is 5.75 Å². The number of hydrogen-bond donors (Lipinski definition) is 0. The lowest BCUT2D eigenvalue weighted by Crippen LogP contribution is -2.01. The number of rotatable bonds is 6. The smallest absolute Gasteiger partial charge is 0.336 e. The molecule has 0 saturated carbocycles. The number of carbonyl (C=O) groups is 1. The Balaban J connectivity index is 1.94. The topological polar surface area (TPSA) is 35.5 Å². The van der Waals surface area contributed by atoms with Crippen LogP contribution in [0, 0.1) is 0 Å². The zero-order valence-electron chi connectivity index (χ0n) is 14.4. The third-order valence-corrected chi connectivity index (χ3v) is 3.97. The third-order valence-electron chi connectivity index (χ3n) is 3.97. The maximum atomic E-state index is 12.6. The molecule has 0 atom stereocenters. The lowest BCUT2D eigenvalue weighted by molar-refractivity contribution is 0.104. The number of ketones is 1. The van der Waals surface area contributed by atoms with E-state index in [0.29, 0.717) is 18.8 Å². The van der Waals surface area contributed by atoms with E-state index < -0.39 is 0 Å². The van der Waals surface area contributed by atoms with Gasteiger partial charge in [-0.1, -0.05) is 43.2 Å². The largest absolute Gasteiger partial charge is 0.564 e. The zero-order chi connectivity index (χ0) is 17.6. The molecule has 0 heterocycles. The highest BCUT2D eigenvalue weighted by atomic mass is 16.5. The summed E-state index contributed by atoms with van der Waals surface area (Å²) >= 11 is 0. The van der Waals surface area contributed by atoms with Gasteiger partial charge in [0.05, 0.1) is 7.11 Å². The van der Waals surface area contributed by atoms with Crippen molar-refractivity contribution in [2.45, 2.75) is 6.82 Å². The zero-order valence-corrected chi connectivity index (χ0v) is 14.4. The first-order valence-electron chi connectivity index (χ1n) is 8.23. The Morgan fingerprint density at radius 3 is 2.28 bits per heavy atom. The van der Waals surface area contributed by atoms with E-state index in [4.69, 9.17) is 9.39 Å². The van der Waals surface area contributed by atoms with Crippen molar-refractivity contribution in [1.82, 2.24) is 0 Å². The van der Waals surface area contributed by atoms with Crippen molar-refractivity contribution in [3.63, 3.8) is 0 Å². The Morgan fingerprint density at radius 1 is 0.920 bits per heavy atom. The van der Waals surface area contributed by atoms with Gasteiger partial charge in [0.2, 0.25) is 0 Å². The Morgan fingerprint density at radius 2 is 1.60 bits per heavy atom. The molecule has 124 valence electrons. The van der Waals surface area contributed by atoms with E-state index >= 15 is 0 Å². The third kappa shape index (κ3) is 3.91. The van der Waals surface area contributed by atoms with Crippen LogP contribution < -0.4 is 4.74 Å². The molecule has 3 aromatic carbocycles. The van der Waals surface area contributed by atoms with Crippen molar-refractivity contribution < 1.29 is 14.2 Å². The molecule has 0 aliphatic carbocycles. The van der Waals surface area contributed by atoms with Gasteiger partial charge in [-0.2, -0.15) is 0 Å². The Hall–Kier alpha value is -3.01. The van der Waals surface area contributed by atoms with Gasteiger partial charge in [-0.25, -0.2) is 0 Å². The molecule has 0 unspecified atom stereocenters. The van der Waals surface area contributed by atoms with Gasteiger partial charge in [-0.15, -0.1) is 0 Å². The van der Waals surface area contributed by atoms with Crippen molar-refractivity contribution in [3.05, 3.63) is 83.9 Å². The number of methoxy groups -OCH3 is 1. The number of fused-ring (bicyclic) bond motifs is 1. The fourth-order valence-corrected chi connectivity index (χ4v) is 2.66. The molecule has 0 aromatic heterocycles. The van der Waals surface area contributed by atoms with Crippen LogP contribution in [-0.2, 0) is 4.65 Å². The molecule has 0 radical (unpaired) electrons. The summed E-state index contributed by atoms with van der Waals surface area (Å²) in [6.07, 6.45) is 1.55. The molecule has 3 rings (SSSR count). The highest BCUT2D eigenvalue weighted by Gasteiger charge is 2.09. The van der Waals surface area contributed by atoms with E-state index in [1.165, 1.54) is 0 Å². The molecule has 3 nitrogen and oxygen atoms in total. The van der Waals surface area contributed by atoms with Crippen LogP contribution in [0.4, 0.5) is 0 Å². The minimum absolute atomic E-state index is 0.0979. The summed E-state index contributed by atoms with van der Waals surface area (Å²) in [5.74, 6) is 1.20. The Bertz CT molecular complexity index is 914. The van der Waals surface area contributed by atoms with Crippen LogP contribution in [0.1, 0.15) is 15.9 Å². The predicted octanol–water partition coefficient (Wildman–Crippen LogP) is 4.49. The van der Waals surface area contributed by atoms with Gasteiger partial charge in [0, 0.05) is 17.2 Å². The molecule has 0 N–H and O–H groups in total.